The van der Waals surface area contributed by atoms with Crippen LogP contribution < -0.4 is 4.90 Å². The predicted octanol–water partition coefficient (Wildman–Crippen LogP) is 3.90. The van der Waals surface area contributed by atoms with Crippen LogP contribution in [0.3, 0.4) is 0 Å². The quantitative estimate of drug-likeness (QED) is 0.727. The molecule has 1 amide bonds. The van der Waals surface area contributed by atoms with Gasteiger partial charge in [0.15, 0.2) is 0 Å². The van der Waals surface area contributed by atoms with E-state index in [4.69, 9.17) is 0 Å². The van der Waals surface area contributed by atoms with Gasteiger partial charge in [-0.25, -0.2) is 9.37 Å². The van der Waals surface area contributed by atoms with Crippen LogP contribution in [0, 0.1) is 17.7 Å². The Labute approximate surface area is 159 Å². The highest BCUT2D eigenvalue weighted by Gasteiger charge is 2.50. The molecule has 2 saturated heterocycles. The van der Waals surface area contributed by atoms with Crippen LogP contribution in [0.15, 0.2) is 42.6 Å². The first kappa shape index (κ1) is 18.7. The van der Waals surface area contributed by atoms with Gasteiger partial charge in [0, 0.05) is 44.6 Å². The number of aromatic nitrogens is 1. The fraction of sp³-hybridized carbons (Fsp3) is 0.400. The zero-order valence-corrected chi connectivity index (χ0v) is 15.2. The molecule has 1 aromatic carbocycles. The number of halogens is 4. The maximum absolute atomic E-state index is 13.8. The molecule has 3 atom stereocenters. The summed E-state index contributed by atoms with van der Waals surface area (Å²) < 4.78 is 53.9. The maximum atomic E-state index is 13.8. The molecule has 0 saturated carbocycles. The number of likely N-dealkylation sites (tertiary alicyclic amines) is 1. The first-order chi connectivity index (χ1) is 13.3. The standard InChI is InChI=1S/C20H19F4N3O/c1-12(28)27-10-14-9-26(19-17(20(22,23)24)6-3-7-25-19)11-16(14)18(27)13-4-2-5-15(21)8-13/h2-8,14,16,18H,9-11H2,1H3/t14-,16-,18+/m1/s1. The number of carbonyl (C=O) groups excluding carboxylic acids is 1. The summed E-state index contributed by atoms with van der Waals surface area (Å²) >= 11 is 0. The molecule has 3 heterocycles. The van der Waals surface area contributed by atoms with Crippen molar-refractivity contribution < 1.29 is 22.4 Å². The van der Waals surface area contributed by atoms with Crippen LogP contribution in [0.5, 0.6) is 0 Å². The first-order valence-corrected chi connectivity index (χ1v) is 9.05. The van der Waals surface area contributed by atoms with Crippen LogP contribution in [0.4, 0.5) is 23.4 Å². The predicted molar refractivity (Wildman–Crippen MR) is 95.0 cm³/mol. The number of alkyl halides is 3. The van der Waals surface area contributed by atoms with E-state index in [0.29, 0.717) is 25.2 Å². The van der Waals surface area contributed by atoms with E-state index in [1.54, 1.807) is 21.9 Å². The lowest BCUT2D eigenvalue weighted by molar-refractivity contribution is -0.137. The van der Waals surface area contributed by atoms with E-state index in [9.17, 15) is 22.4 Å². The number of carbonyl (C=O) groups is 1. The fourth-order valence-electron chi connectivity index (χ4n) is 4.53. The van der Waals surface area contributed by atoms with E-state index in [2.05, 4.69) is 4.98 Å². The Morgan fingerprint density at radius 2 is 1.93 bits per heavy atom. The number of hydrogen-bond acceptors (Lipinski definition) is 3. The molecule has 4 rings (SSSR count). The lowest BCUT2D eigenvalue weighted by Gasteiger charge is -2.30. The van der Waals surface area contributed by atoms with Crippen LogP contribution >= 0.6 is 0 Å². The van der Waals surface area contributed by atoms with Gasteiger partial charge < -0.3 is 9.80 Å². The maximum Gasteiger partial charge on any atom is 0.419 e. The van der Waals surface area contributed by atoms with Crippen molar-refractivity contribution in [3.63, 3.8) is 0 Å². The normalized spacial score (nSPS) is 24.5. The molecule has 0 spiro atoms. The summed E-state index contributed by atoms with van der Waals surface area (Å²) in [5.74, 6) is -0.696. The van der Waals surface area contributed by atoms with Crippen LogP contribution in [0.2, 0.25) is 0 Å². The molecule has 1 aromatic heterocycles. The molecule has 2 aliphatic heterocycles. The molecule has 2 fully saturated rings. The Hall–Kier alpha value is -2.64. The average molecular weight is 393 g/mol. The number of nitrogens with zero attached hydrogens (tertiary/aromatic N) is 3. The topological polar surface area (TPSA) is 36.4 Å². The molecule has 0 unspecified atom stereocenters. The van der Waals surface area contributed by atoms with Gasteiger partial charge >= 0.3 is 6.18 Å². The number of anilines is 1. The Morgan fingerprint density at radius 1 is 1.14 bits per heavy atom. The van der Waals surface area contributed by atoms with E-state index >= 15 is 0 Å². The van der Waals surface area contributed by atoms with Crippen molar-refractivity contribution in [1.29, 1.82) is 0 Å². The molecule has 148 valence electrons. The van der Waals surface area contributed by atoms with Gasteiger partial charge in [0.1, 0.15) is 11.6 Å². The molecule has 4 nitrogen and oxygen atoms in total. The van der Waals surface area contributed by atoms with Crippen LogP contribution in [0.25, 0.3) is 0 Å². The molecule has 0 aliphatic carbocycles. The third kappa shape index (κ3) is 3.21. The smallest absolute Gasteiger partial charge is 0.355 e. The number of amides is 1. The Morgan fingerprint density at radius 3 is 2.61 bits per heavy atom. The van der Waals surface area contributed by atoms with Gasteiger partial charge in [-0.05, 0) is 29.8 Å². The summed E-state index contributed by atoms with van der Waals surface area (Å²) in [5, 5.41) is 0. The van der Waals surface area contributed by atoms with Crippen molar-refractivity contribution in [2.24, 2.45) is 11.8 Å². The number of rotatable bonds is 2. The van der Waals surface area contributed by atoms with Gasteiger partial charge in [-0.15, -0.1) is 0 Å². The second-order valence-corrected chi connectivity index (χ2v) is 7.37. The third-order valence-electron chi connectivity index (χ3n) is 5.65. The van der Waals surface area contributed by atoms with Crippen molar-refractivity contribution in [3.05, 3.63) is 59.5 Å². The molecule has 0 N–H and O–H groups in total. The van der Waals surface area contributed by atoms with Gasteiger partial charge in [0.2, 0.25) is 5.91 Å². The van der Waals surface area contributed by atoms with E-state index in [1.807, 2.05) is 0 Å². The molecule has 2 aromatic rings. The summed E-state index contributed by atoms with van der Waals surface area (Å²) in [6, 6.07) is 8.02. The number of pyridine rings is 1. The molecular formula is C20H19F4N3O. The number of fused-ring (bicyclic) bond motifs is 1. The first-order valence-electron chi connectivity index (χ1n) is 9.05. The number of benzene rings is 1. The minimum Gasteiger partial charge on any atom is -0.355 e. The molecule has 0 radical (unpaired) electrons. The second-order valence-electron chi connectivity index (χ2n) is 7.37. The minimum atomic E-state index is -4.49. The molecule has 28 heavy (non-hydrogen) atoms. The zero-order valence-electron chi connectivity index (χ0n) is 15.2. The van der Waals surface area contributed by atoms with E-state index in [1.165, 1.54) is 31.3 Å². The summed E-state index contributed by atoms with van der Waals surface area (Å²) in [6.45, 7) is 2.60. The zero-order chi connectivity index (χ0) is 20.1. The third-order valence-corrected chi connectivity index (χ3v) is 5.65. The Balaban J connectivity index is 1.67. The second kappa shape index (κ2) is 6.76. The monoisotopic (exact) mass is 393 g/mol. The number of hydrogen-bond donors (Lipinski definition) is 0. The molecule has 0 bridgehead atoms. The van der Waals surface area contributed by atoms with Gasteiger partial charge in [0.25, 0.3) is 0 Å². The van der Waals surface area contributed by atoms with Crippen LogP contribution in [0.1, 0.15) is 24.1 Å². The van der Waals surface area contributed by atoms with E-state index in [0.717, 1.165) is 6.07 Å². The highest BCUT2D eigenvalue weighted by Crippen LogP contribution is 2.47. The Kier molecular flexibility index (Phi) is 4.51. The lowest BCUT2D eigenvalue weighted by atomic mass is 9.89. The van der Waals surface area contributed by atoms with Gasteiger partial charge in [-0.2, -0.15) is 13.2 Å². The van der Waals surface area contributed by atoms with E-state index < -0.39 is 17.6 Å². The molecule has 8 heteroatoms. The van der Waals surface area contributed by atoms with Gasteiger partial charge in [-0.1, -0.05) is 12.1 Å². The largest absolute Gasteiger partial charge is 0.419 e. The van der Waals surface area contributed by atoms with Crippen LogP contribution in [-0.4, -0.2) is 35.4 Å². The SMILES string of the molecule is CC(=O)N1C[C@H]2CN(c3ncccc3C(F)(F)F)C[C@H]2[C@@H]1c1cccc(F)c1. The highest BCUT2D eigenvalue weighted by molar-refractivity contribution is 5.74. The van der Waals surface area contributed by atoms with Crippen molar-refractivity contribution in [1.82, 2.24) is 9.88 Å². The summed E-state index contributed by atoms with van der Waals surface area (Å²) in [7, 11) is 0. The molecule has 2 aliphatic rings. The van der Waals surface area contributed by atoms with Gasteiger partial charge in [-0.3, -0.25) is 4.79 Å². The Bertz CT molecular complexity index is 901. The summed E-state index contributed by atoms with van der Waals surface area (Å²) in [6.07, 6.45) is -3.14. The van der Waals surface area contributed by atoms with Crippen molar-refractivity contribution in [3.8, 4) is 0 Å². The molecular weight excluding hydrogens is 374 g/mol. The van der Waals surface area contributed by atoms with Crippen molar-refractivity contribution in [2.75, 3.05) is 24.5 Å². The van der Waals surface area contributed by atoms with Crippen molar-refractivity contribution in [2.45, 2.75) is 19.1 Å². The summed E-state index contributed by atoms with van der Waals surface area (Å²) in [5.41, 5.74) is -0.0951. The highest BCUT2D eigenvalue weighted by atomic mass is 19.4. The average Bonchev–Trinajstić information content (AvgIpc) is 3.18. The van der Waals surface area contributed by atoms with E-state index in [-0.39, 0.29) is 29.6 Å². The summed E-state index contributed by atoms with van der Waals surface area (Å²) in [4.78, 5) is 19.5. The minimum absolute atomic E-state index is 0.000238. The fourth-order valence-corrected chi connectivity index (χ4v) is 4.53. The van der Waals surface area contributed by atoms with Crippen molar-refractivity contribution >= 4 is 11.7 Å². The van der Waals surface area contributed by atoms with Gasteiger partial charge in [0.05, 0.1) is 11.6 Å². The lowest BCUT2D eigenvalue weighted by Crippen LogP contribution is -2.35. The van der Waals surface area contributed by atoms with Crippen LogP contribution in [-0.2, 0) is 11.0 Å².